The van der Waals surface area contributed by atoms with Crippen molar-refractivity contribution >= 4 is 5.69 Å². The lowest BCUT2D eigenvalue weighted by Crippen LogP contribution is -2.50. The molecule has 1 atom stereocenters. The van der Waals surface area contributed by atoms with Crippen molar-refractivity contribution in [2.75, 3.05) is 31.6 Å². The molecular formula is C13H20FN3. The summed E-state index contributed by atoms with van der Waals surface area (Å²) in [5, 5.41) is 0. The van der Waals surface area contributed by atoms with Crippen molar-refractivity contribution in [3.8, 4) is 0 Å². The second-order valence-corrected chi connectivity index (χ2v) is 4.83. The average molecular weight is 237 g/mol. The molecule has 94 valence electrons. The molecule has 2 N–H and O–H groups in total. The molecule has 3 nitrogen and oxygen atoms in total. The summed E-state index contributed by atoms with van der Waals surface area (Å²) >= 11 is 0. The van der Waals surface area contributed by atoms with Crippen molar-refractivity contribution < 1.29 is 4.39 Å². The maximum atomic E-state index is 13.5. The largest absolute Gasteiger partial charge is 0.366 e. The van der Waals surface area contributed by atoms with Crippen LogP contribution in [0, 0.1) is 5.82 Å². The minimum atomic E-state index is -0.200. The molecule has 1 aromatic rings. The summed E-state index contributed by atoms with van der Waals surface area (Å²) in [5.74, 6) is -0.200. The molecular weight excluding hydrogens is 217 g/mol. The van der Waals surface area contributed by atoms with Crippen LogP contribution in [-0.2, 0) is 6.54 Å². The highest BCUT2D eigenvalue weighted by Gasteiger charge is 2.22. The number of halogens is 1. The summed E-state index contributed by atoms with van der Waals surface area (Å²) in [6.45, 7) is 5.51. The van der Waals surface area contributed by atoms with Crippen molar-refractivity contribution in [1.82, 2.24) is 4.90 Å². The van der Waals surface area contributed by atoms with E-state index in [1.165, 1.54) is 6.07 Å². The molecule has 0 radical (unpaired) electrons. The molecule has 0 aliphatic carbocycles. The first-order chi connectivity index (χ1) is 8.10. The topological polar surface area (TPSA) is 32.5 Å². The van der Waals surface area contributed by atoms with Crippen LogP contribution in [0.3, 0.4) is 0 Å². The molecule has 17 heavy (non-hydrogen) atoms. The lowest BCUT2D eigenvalue weighted by molar-refractivity contribution is 0.275. The van der Waals surface area contributed by atoms with Crippen molar-refractivity contribution in [2.24, 2.45) is 5.73 Å². The lowest BCUT2D eigenvalue weighted by Gasteiger charge is -2.40. The highest BCUT2D eigenvalue weighted by molar-refractivity contribution is 5.50. The van der Waals surface area contributed by atoms with Gasteiger partial charge in [-0.15, -0.1) is 0 Å². The third-order valence-electron chi connectivity index (χ3n) is 3.34. The summed E-state index contributed by atoms with van der Waals surface area (Å²) in [6, 6.07) is 5.50. The van der Waals surface area contributed by atoms with Gasteiger partial charge >= 0.3 is 0 Å². The zero-order valence-electron chi connectivity index (χ0n) is 10.5. The summed E-state index contributed by atoms with van der Waals surface area (Å²) < 4.78 is 13.5. The normalized spacial score (nSPS) is 21.9. The molecule has 0 aromatic heterocycles. The Labute approximate surface area is 102 Å². The Balaban J connectivity index is 2.24. The fraction of sp³-hybridized carbons (Fsp3) is 0.538. The van der Waals surface area contributed by atoms with Crippen molar-refractivity contribution in [3.63, 3.8) is 0 Å². The summed E-state index contributed by atoms with van der Waals surface area (Å²) in [4.78, 5) is 4.55. The van der Waals surface area contributed by atoms with E-state index in [1.807, 2.05) is 6.07 Å². The summed E-state index contributed by atoms with van der Waals surface area (Å²) in [5.41, 5.74) is 7.38. The van der Waals surface area contributed by atoms with Gasteiger partial charge in [0.15, 0.2) is 0 Å². The first kappa shape index (κ1) is 12.3. The minimum absolute atomic E-state index is 0.200. The molecule has 1 fully saturated rings. The third-order valence-corrected chi connectivity index (χ3v) is 3.34. The zero-order valence-corrected chi connectivity index (χ0v) is 10.5. The third kappa shape index (κ3) is 2.76. The molecule has 1 aliphatic rings. The highest BCUT2D eigenvalue weighted by Crippen LogP contribution is 2.22. The van der Waals surface area contributed by atoms with Gasteiger partial charge in [0, 0.05) is 37.9 Å². The van der Waals surface area contributed by atoms with Crippen LogP contribution in [0.15, 0.2) is 18.2 Å². The molecule has 1 aliphatic heterocycles. The molecule has 1 aromatic carbocycles. The van der Waals surface area contributed by atoms with Gasteiger partial charge in [0.25, 0.3) is 0 Å². The molecule has 1 saturated heterocycles. The van der Waals surface area contributed by atoms with Gasteiger partial charge in [0.2, 0.25) is 0 Å². The number of piperazine rings is 1. The van der Waals surface area contributed by atoms with Gasteiger partial charge in [-0.25, -0.2) is 4.39 Å². The SMILES string of the molecule is CC1CN(C)CCN1c1cc(F)cc(CN)c1. The average Bonchev–Trinajstić information content (AvgIpc) is 2.28. The Kier molecular flexibility index (Phi) is 3.64. The van der Waals surface area contributed by atoms with E-state index in [-0.39, 0.29) is 5.82 Å². The predicted molar refractivity (Wildman–Crippen MR) is 68.6 cm³/mol. The first-order valence-corrected chi connectivity index (χ1v) is 6.05. The van der Waals surface area contributed by atoms with Gasteiger partial charge in [0.1, 0.15) is 5.82 Å². The number of benzene rings is 1. The van der Waals surface area contributed by atoms with E-state index < -0.39 is 0 Å². The number of likely N-dealkylation sites (N-methyl/N-ethyl adjacent to an activating group) is 1. The standard InChI is InChI=1S/C13H20FN3/c1-10-9-16(2)3-4-17(10)13-6-11(8-15)5-12(14)7-13/h5-7,10H,3-4,8-9,15H2,1-2H3. The van der Waals surface area contributed by atoms with Crippen LogP contribution in [0.5, 0.6) is 0 Å². The van der Waals surface area contributed by atoms with Gasteiger partial charge in [-0.1, -0.05) is 0 Å². The highest BCUT2D eigenvalue weighted by atomic mass is 19.1. The van der Waals surface area contributed by atoms with E-state index in [0.717, 1.165) is 30.9 Å². The molecule has 0 amide bonds. The first-order valence-electron chi connectivity index (χ1n) is 6.05. The van der Waals surface area contributed by atoms with E-state index in [0.29, 0.717) is 12.6 Å². The summed E-state index contributed by atoms with van der Waals surface area (Å²) in [6.07, 6.45) is 0. The number of nitrogens with zero attached hydrogens (tertiary/aromatic N) is 2. The monoisotopic (exact) mass is 237 g/mol. The smallest absolute Gasteiger partial charge is 0.125 e. The van der Waals surface area contributed by atoms with Gasteiger partial charge in [-0.05, 0) is 37.7 Å². The van der Waals surface area contributed by atoms with Gasteiger partial charge in [-0.3, -0.25) is 0 Å². The van der Waals surface area contributed by atoms with Crippen LogP contribution in [-0.4, -0.2) is 37.6 Å². The maximum Gasteiger partial charge on any atom is 0.125 e. The quantitative estimate of drug-likeness (QED) is 0.844. The van der Waals surface area contributed by atoms with E-state index >= 15 is 0 Å². The Morgan fingerprint density at radius 1 is 1.35 bits per heavy atom. The Hall–Kier alpha value is -1.13. The van der Waals surface area contributed by atoms with Crippen LogP contribution in [0.25, 0.3) is 0 Å². The predicted octanol–water partition coefficient (Wildman–Crippen LogP) is 1.42. The van der Waals surface area contributed by atoms with Crippen LogP contribution in [0.4, 0.5) is 10.1 Å². The van der Waals surface area contributed by atoms with E-state index in [4.69, 9.17) is 5.73 Å². The van der Waals surface area contributed by atoms with Crippen LogP contribution in [0.1, 0.15) is 12.5 Å². The fourth-order valence-electron chi connectivity index (χ4n) is 2.44. The van der Waals surface area contributed by atoms with Crippen LogP contribution < -0.4 is 10.6 Å². The number of hydrogen-bond donors (Lipinski definition) is 1. The molecule has 2 rings (SSSR count). The number of rotatable bonds is 2. The second kappa shape index (κ2) is 5.02. The van der Waals surface area contributed by atoms with Gasteiger partial charge in [0.05, 0.1) is 0 Å². The summed E-state index contributed by atoms with van der Waals surface area (Å²) in [7, 11) is 2.12. The number of anilines is 1. The Bertz CT molecular complexity index is 394. The lowest BCUT2D eigenvalue weighted by atomic mass is 10.1. The second-order valence-electron chi connectivity index (χ2n) is 4.83. The van der Waals surface area contributed by atoms with Gasteiger partial charge in [-0.2, -0.15) is 0 Å². The van der Waals surface area contributed by atoms with Crippen LogP contribution in [0.2, 0.25) is 0 Å². The van der Waals surface area contributed by atoms with Gasteiger partial charge < -0.3 is 15.5 Å². The molecule has 1 unspecified atom stereocenters. The molecule has 0 saturated carbocycles. The molecule has 0 spiro atoms. The Morgan fingerprint density at radius 2 is 2.12 bits per heavy atom. The van der Waals surface area contributed by atoms with E-state index in [9.17, 15) is 4.39 Å². The van der Waals surface area contributed by atoms with E-state index in [1.54, 1.807) is 6.07 Å². The Morgan fingerprint density at radius 3 is 2.76 bits per heavy atom. The maximum absolute atomic E-state index is 13.5. The fourth-order valence-corrected chi connectivity index (χ4v) is 2.44. The van der Waals surface area contributed by atoms with Crippen LogP contribution >= 0.6 is 0 Å². The van der Waals surface area contributed by atoms with Crippen molar-refractivity contribution in [3.05, 3.63) is 29.6 Å². The molecule has 0 bridgehead atoms. The molecule has 4 heteroatoms. The van der Waals surface area contributed by atoms with E-state index in [2.05, 4.69) is 23.8 Å². The zero-order chi connectivity index (χ0) is 12.4. The van der Waals surface area contributed by atoms with Crippen molar-refractivity contribution in [1.29, 1.82) is 0 Å². The van der Waals surface area contributed by atoms with Crippen molar-refractivity contribution in [2.45, 2.75) is 19.5 Å². The number of hydrogen-bond acceptors (Lipinski definition) is 3. The number of nitrogens with two attached hydrogens (primary N) is 1. The minimum Gasteiger partial charge on any atom is -0.366 e. The molecule has 1 heterocycles.